The summed E-state index contributed by atoms with van der Waals surface area (Å²) in [4.78, 5) is 16.6. The van der Waals surface area contributed by atoms with E-state index in [1.807, 2.05) is 43.3 Å². The average molecular weight is 402 g/mol. The first-order valence-electron chi connectivity index (χ1n) is 8.72. The largest absolute Gasteiger partial charge is 0.378 e. The summed E-state index contributed by atoms with van der Waals surface area (Å²) in [5.41, 5.74) is 2.43. The van der Waals surface area contributed by atoms with Crippen LogP contribution in [0.1, 0.15) is 21.7 Å². The maximum atomic E-state index is 14.3. The molecule has 0 radical (unpaired) electrons. The lowest BCUT2D eigenvalue weighted by Gasteiger charge is -2.19. The summed E-state index contributed by atoms with van der Waals surface area (Å²) < 4.78 is 19.5. The molecule has 0 unspecified atom stereocenters. The second-order valence-corrected chi connectivity index (χ2v) is 7.19. The number of amides is 1. The first kappa shape index (κ1) is 19.9. The fraction of sp³-hybridized carbons (Fsp3) is 0.238. The zero-order valence-corrected chi connectivity index (χ0v) is 16.9. The van der Waals surface area contributed by atoms with Crippen LogP contribution >= 0.6 is 11.6 Å². The molecule has 0 aliphatic heterocycles. The molecule has 146 valence electrons. The molecule has 0 saturated heterocycles. The van der Waals surface area contributed by atoms with Gasteiger partial charge in [-0.05, 0) is 36.8 Å². The Kier molecular flexibility index (Phi) is 5.70. The smallest absolute Gasteiger partial charge is 0.259 e. The number of anilines is 1. The van der Waals surface area contributed by atoms with Crippen molar-refractivity contribution in [3.63, 3.8) is 0 Å². The molecule has 2 aromatic carbocycles. The molecule has 3 aromatic rings. The van der Waals surface area contributed by atoms with Crippen LogP contribution in [0.3, 0.4) is 0 Å². The number of aromatic nitrogens is 1. The highest BCUT2D eigenvalue weighted by molar-refractivity contribution is 6.33. The van der Waals surface area contributed by atoms with Gasteiger partial charge >= 0.3 is 0 Å². The summed E-state index contributed by atoms with van der Waals surface area (Å²) >= 11 is 6.15. The van der Waals surface area contributed by atoms with Gasteiger partial charge in [-0.25, -0.2) is 4.39 Å². The maximum Gasteiger partial charge on any atom is 0.259 e. The number of carbonyl (C=O) groups is 1. The average Bonchev–Trinajstić information content (AvgIpc) is 3.02. The summed E-state index contributed by atoms with van der Waals surface area (Å²) in [5.74, 6) is -0.560. The number of halogens is 2. The fourth-order valence-electron chi connectivity index (χ4n) is 2.95. The van der Waals surface area contributed by atoms with Crippen molar-refractivity contribution in [1.29, 1.82) is 0 Å². The molecular weight excluding hydrogens is 381 g/mol. The second-order valence-electron chi connectivity index (χ2n) is 6.78. The number of hydrogen-bond donors (Lipinski definition) is 0. The molecule has 1 aromatic heterocycles. The van der Waals surface area contributed by atoms with Crippen LogP contribution in [0.25, 0.3) is 11.3 Å². The molecule has 0 saturated carbocycles. The Morgan fingerprint density at radius 3 is 2.43 bits per heavy atom. The monoisotopic (exact) mass is 401 g/mol. The van der Waals surface area contributed by atoms with Crippen LogP contribution in [0.2, 0.25) is 5.02 Å². The molecule has 0 aliphatic rings. The lowest BCUT2D eigenvalue weighted by atomic mass is 10.0. The van der Waals surface area contributed by atoms with Gasteiger partial charge in [0, 0.05) is 33.4 Å². The van der Waals surface area contributed by atoms with Gasteiger partial charge in [-0.1, -0.05) is 35.0 Å². The van der Waals surface area contributed by atoms with E-state index in [9.17, 15) is 9.18 Å². The molecule has 7 heteroatoms. The molecular formula is C21H21ClFN3O2. The number of aryl methyl sites for hydroxylation is 1. The van der Waals surface area contributed by atoms with E-state index in [2.05, 4.69) is 5.16 Å². The van der Waals surface area contributed by atoms with Crippen molar-refractivity contribution in [2.45, 2.75) is 13.5 Å². The highest BCUT2D eigenvalue weighted by atomic mass is 35.5. The van der Waals surface area contributed by atoms with Crippen LogP contribution in [-0.4, -0.2) is 37.1 Å². The summed E-state index contributed by atoms with van der Waals surface area (Å²) in [7, 11) is 5.62. The normalized spacial score (nSPS) is 10.8. The van der Waals surface area contributed by atoms with Crippen molar-refractivity contribution < 1.29 is 13.7 Å². The van der Waals surface area contributed by atoms with E-state index in [1.165, 1.54) is 12.1 Å². The third-order valence-electron chi connectivity index (χ3n) is 4.50. The molecule has 5 nitrogen and oxygen atoms in total. The Hall–Kier alpha value is -2.86. The summed E-state index contributed by atoms with van der Waals surface area (Å²) in [6.45, 7) is 2.01. The quantitative estimate of drug-likeness (QED) is 0.617. The molecule has 0 atom stereocenters. The van der Waals surface area contributed by atoms with Gasteiger partial charge in [-0.3, -0.25) is 4.79 Å². The number of nitrogens with zero attached hydrogens (tertiary/aromatic N) is 3. The van der Waals surface area contributed by atoms with Gasteiger partial charge in [0.05, 0.1) is 10.6 Å². The number of hydrogen-bond acceptors (Lipinski definition) is 4. The SMILES string of the molecule is Cc1onc(-c2c(F)cccc2Cl)c1C(=O)N(C)Cc1ccc(N(C)C)cc1. The second kappa shape index (κ2) is 8.02. The molecule has 0 N–H and O–H groups in total. The molecule has 0 aliphatic carbocycles. The van der Waals surface area contributed by atoms with Gasteiger partial charge < -0.3 is 14.3 Å². The lowest BCUT2D eigenvalue weighted by molar-refractivity contribution is 0.0784. The van der Waals surface area contributed by atoms with Crippen molar-refractivity contribution in [2.24, 2.45) is 0 Å². The van der Waals surface area contributed by atoms with Crippen molar-refractivity contribution in [3.8, 4) is 11.3 Å². The van der Waals surface area contributed by atoms with Gasteiger partial charge in [0.2, 0.25) is 0 Å². The van der Waals surface area contributed by atoms with Gasteiger partial charge in [-0.2, -0.15) is 0 Å². The van der Waals surface area contributed by atoms with E-state index >= 15 is 0 Å². The zero-order chi connectivity index (χ0) is 20.4. The van der Waals surface area contributed by atoms with Crippen molar-refractivity contribution in [3.05, 3.63) is 70.2 Å². The lowest BCUT2D eigenvalue weighted by Crippen LogP contribution is -2.27. The molecule has 3 rings (SSSR count). The van der Waals surface area contributed by atoms with Gasteiger partial charge in [-0.15, -0.1) is 0 Å². The first-order valence-corrected chi connectivity index (χ1v) is 9.09. The summed E-state index contributed by atoms with van der Waals surface area (Å²) in [6.07, 6.45) is 0. The van der Waals surface area contributed by atoms with Crippen LogP contribution < -0.4 is 4.90 Å². The highest BCUT2D eigenvalue weighted by Crippen LogP contribution is 2.34. The van der Waals surface area contributed by atoms with Gasteiger partial charge in [0.15, 0.2) is 0 Å². The minimum Gasteiger partial charge on any atom is -0.378 e. The molecule has 1 amide bonds. The molecule has 28 heavy (non-hydrogen) atoms. The maximum absolute atomic E-state index is 14.3. The van der Waals surface area contributed by atoms with E-state index in [4.69, 9.17) is 16.1 Å². The van der Waals surface area contributed by atoms with E-state index in [0.29, 0.717) is 12.3 Å². The Morgan fingerprint density at radius 1 is 1.14 bits per heavy atom. The van der Waals surface area contributed by atoms with Gasteiger partial charge in [0.1, 0.15) is 22.8 Å². The number of benzene rings is 2. The standard InChI is InChI=1S/C21H21ClFN3O2/c1-13-18(20(24-28-13)19-16(22)6-5-7-17(19)23)21(27)26(4)12-14-8-10-15(11-9-14)25(2)3/h5-11H,12H2,1-4H3. The number of carbonyl (C=O) groups excluding carboxylic acids is 1. The Morgan fingerprint density at radius 2 is 1.82 bits per heavy atom. The Labute approximate surface area is 168 Å². The molecule has 0 spiro atoms. The van der Waals surface area contributed by atoms with E-state index in [0.717, 1.165) is 11.3 Å². The van der Waals surface area contributed by atoms with Gasteiger partial charge in [0.25, 0.3) is 5.91 Å². The van der Waals surface area contributed by atoms with E-state index < -0.39 is 5.82 Å². The topological polar surface area (TPSA) is 49.6 Å². The first-order chi connectivity index (χ1) is 13.3. The summed E-state index contributed by atoms with van der Waals surface area (Å²) in [6, 6.07) is 12.2. The van der Waals surface area contributed by atoms with E-state index in [1.54, 1.807) is 24.9 Å². The van der Waals surface area contributed by atoms with Crippen LogP contribution in [0.15, 0.2) is 47.0 Å². The van der Waals surface area contributed by atoms with Crippen LogP contribution in [0, 0.1) is 12.7 Å². The predicted octanol–water partition coefficient (Wildman–Crippen LogP) is 4.78. The van der Waals surface area contributed by atoms with Crippen molar-refractivity contribution in [1.82, 2.24) is 10.1 Å². The van der Waals surface area contributed by atoms with Crippen LogP contribution in [0.5, 0.6) is 0 Å². The van der Waals surface area contributed by atoms with Crippen molar-refractivity contribution in [2.75, 3.05) is 26.0 Å². The third kappa shape index (κ3) is 3.87. The van der Waals surface area contributed by atoms with Crippen LogP contribution in [-0.2, 0) is 6.54 Å². The van der Waals surface area contributed by atoms with Crippen molar-refractivity contribution >= 4 is 23.2 Å². The number of rotatable bonds is 5. The Bertz CT molecular complexity index is 979. The molecule has 0 bridgehead atoms. The Balaban J connectivity index is 1.89. The minimum atomic E-state index is -0.559. The highest BCUT2D eigenvalue weighted by Gasteiger charge is 2.27. The molecule has 1 heterocycles. The van der Waals surface area contributed by atoms with E-state index in [-0.39, 0.29) is 27.8 Å². The predicted molar refractivity (Wildman–Crippen MR) is 108 cm³/mol. The zero-order valence-electron chi connectivity index (χ0n) is 16.2. The molecule has 0 fully saturated rings. The third-order valence-corrected chi connectivity index (χ3v) is 4.81. The van der Waals surface area contributed by atoms with Crippen LogP contribution in [0.4, 0.5) is 10.1 Å². The summed E-state index contributed by atoms with van der Waals surface area (Å²) in [5, 5.41) is 4.07. The fourth-order valence-corrected chi connectivity index (χ4v) is 3.21. The minimum absolute atomic E-state index is 0.0631.